The van der Waals surface area contributed by atoms with Crippen LogP contribution in [0.1, 0.15) is 31.2 Å². The Kier molecular flexibility index (Phi) is 9.86. The molecular weight excluding hydrogens is 449 g/mol. The van der Waals surface area contributed by atoms with Crippen LogP contribution in [0.25, 0.3) is 0 Å². The molecule has 0 amide bonds. The van der Waals surface area contributed by atoms with Crippen molar-refractivity contribution in [1.29, 1.82) is 0 Å². The molecular formula is C21H36IN5. The van der Waals surface area contributed by atoms with E-state index < -0.39 is 0 Å². The van der Waals surface area contributed by atoms with Gasteiger partial charge in [-0.3, -0.25) is 9.89 Å². The summed E-state index contributed by atoms with van der Waals surface area (Å²) < 4.78 is 0. The molecule has 5 nitrogen and oxygen atoms in total. The molecule has 152 valence electrons. The van der Waals surface area contributed by atoms with Gasteiger partial charge in [0.15, 0.2) is 5.96 Å². The van der Waals surface area contributed by atoms with E-state index in [9.17, 15) is 0 Å². The highest BCUT2D eigenvalue weighted by atomic mass is 127. The maximum absolute atomic E-state index is 4.44. The van der Waals surface area contributed by atoms with E-state index in [2.05, 4.69) is 62.8 Å². The SMILES string of the molecule is CN=C(NCC1CCCN(C)C1)NC1CCN(Cc2ccccc2)CC1.I. The minimum absolute atomic E-state index is 0. The number of nitrogens with one attached hydrogen (secondary N) is 2. The number of halogens is 1. The first-order valence-corrected chi connectivity index (χ1v) is 10.1. The number of benzene rings is 1. The van der Waals surface area contributed by atoms with Gasteiger partial charge in [0.05, 0.1) is 0 Å². The third-order valence-corrected chi connectivity index (χ3v) is 5.68. The van der Waals surface area contributed by atoms with Gasteiger partial charge >= 0.3 is 0 Å². The third-order valence-electron chi connectivity index (χ3n) is 5.68. The topological polar surface area (TPSA) is 42.9 Å². The fourth-order valence-corrected chi connectivity index (χ4v) is 4.15. The highest BCUT2D eigenvalue weighted by molar-refractivity contribution is 14.0. The van der Waals surface area contributed by atoms with Crippen LogP contribution < -0.4 is 10.6 Å². The zero-order valence-electron chi connectivity index (χ0n) is 16.9. The van der Waals surface area contributed by atoms with Gasteiger partial charge in [0.25, 0.3) is 0 Å². The Hall–Kier alpha value is -0.860. The zero-order valence-corrected chi connectivity index (χ0v) is 19.2. The Balaban J connectivity index is 0.00000261. The van der Waals surface area contributed by atoms with Crippen molar-refractivity contribution in [1.82, 2.24) is 20.4 Å². The molecule has 2 fully saturated rings. The molecule has 27 heavy (non-hydrogen) atoms. The summed E-state index contributed by atoms with van der Waals surface area (Å²) in [6, 6.07) is 11.3. The lowest BCUT2D eigenvalue weighted by atomic mass is 9.98. The number of likely N-dealkylation sites (tertiary alicyclic amines) is 2. The number of hydrogen-bond donors (Lipinski definition) is 2. The average molecular weight is 485 g/mol. The molecule has 0 spiro atoms. The second-order valence-electron chi connectivity index (χ2n) is 7.90. The second-order valence-corrected chi connectivity index (χ2v) is 7.90. The molecule has 1 aromatic carbocycles. The largest absolute Gasteiger partial charge is 0.356 e. The highest BCUT2D eigenvalue weighted by Gasteiger charge is 2.21. The Bertz CT molecular complexity index is 557. The molecule has 0 bridgehead atoms. The van der Waals surface area contributed by atoms with E-state index in [-0.39, 0.29) is 24.0 Å². The number of hydrogen-bond acceptors (Lipinski definition) is 3. The van der Waals surface area contributed by atoms with E-state index in [4.69, 9.17) is 0 Å². The van der Waals surface area contributed by atoms with E-state index in [1.165, 1.54) is 44.3 Å². The molecule has 0 saturated carbocycles. The van der Waals surface area contributed by atoms with E-state index in [1.807, 2.05) is 7.05 Å². The monoisotopic (exact) mass is 485 g/mol. The summed E-state index contributed by atoms with van der Waals surface area (Å²) in [6.45, 7) is 6.83. The average Bonchev–Trinajstić information content (AvgIpc) is 2.67. The first-order valence-electron chi connectivity index (χ1n) is 10.1. The second kappa shape index (κ2) is 11.9. The smallest absolute Gasteiger partial charge is 0.191 e. The molecule has 3 rings (SSSR count). The highest BCUT2D eigenvalue weighted by Crippen LogP contribution is 2.15. The lowest BCUT2D eigenvalue weighted by Crippen LogP contribution is -2.50. The summed E-state index contributed by atoms with van der Waals surface area (Å²) in [5.74, 6) is 1.71. The molecule has 2 saturated heterocycles. The molecule has 0 aromatic heterocycles. The summed E-state index contributed by atoms with van der Waals surface area (Å²) in [5, 5.41) is 7.20. The van der Waals surface area contributed by atoms with Crippen LogP contribution in [0.15, 0.2) is 35.3 Å². The van der Waals surface area contributed by atoms with E-state index >= 15 is 0 Å². The molecule has 2 aliphatic rings. The summed E-state index contributed by atoms with van der Waals surface area (Å²) in [5.41, 5.74) is 1.41. The van der Waals surface area contributed by atoms with Crippen molar-refractivity contribution in [2.24, 2.45) is 10.9 Å². The van der Waals surface area contributed by atoms with Crippen molar-refractivity contribution in [3.05, 3.63) is 35.9 Å². The van der Waals surface area contributed by atoms with Crippen LogP contribution in [-0.4, -0.2) is 68.6 Å². The zero-order chi connectivity index (χ0) is 18.2. The molecule has 2 N–H and O–H groups in total. The van der Waals surface area contributed by atoms with Crippen molar-refractivity contribution < 1.29 is 0 Å². The van der Waals surface area contributed by atoms with Gasteiger partial charge in [-0.2, -0.15) is 0 Å². The first kappa shape index (κ1) is 22.4. The molecule has 6 heteroatoms. The molecule has 0 aliphatic carbocycles. The Morgan fingerprint density at radius 1 is 1.11 bits per heavy atom. The van der Waals surface area contributed by atoms with E-state index in [1.54, 1.807) is 0 Å². The number of rotatable bonds is 5. The maximum Gasteiger partial charge on any atom is 0.191 e. The molecule has 1 atom stereocenters. The van der Waals surface area contributed by atoms with Gasteiger partial charge in [0, 0.05) is 45.8 Å². The van der Waals surface area contributed by atoms with Crippen LogP contribution in [0, 0.1) is 5.92 Å². The van der Waals surface area contributed by atoms with Crippen molar-refractivity contribution in [3.63, 3.8) is 0 Å². The number of aliphatic imine (C=N–C) groups is 1. The molecule has 2 aliphatic heterocycles. The predicted molar refractivity (Wildman–Crippen MR) is 125 cm³/mol. The lowest BCUT2D eigenvalue weighted by Gasteiger charge is -2.34. The van der Waals surface area contributed by atoms with Gasteiger partial charge in [-0.05, 0) is 50.8 Å². The van der Waals surface area contributed by atoms with Crippen molar-refractivity contribution >= 4 is 29.9 Å². The lowest BCUT2D eigenvalue weighted by molar-refractivity contribution is 0.197. The van der Waals surface area contributed by atoms with Crippen LogP contribution in [0.4, 0.5) is 0 Å². The van der Waals surface area contributed by atoms with Gasteiger partial charge in [-0.15, -0.1) is 24.0 Å². The van der Waals surface area contributed by atoms with Gasteiger partial charge < -0.3 is 15.5 Å². The fraction of sp³-hybridized carbons (Fsp3) is 0.667. The van der Waals surface area contributed by atoms with Crippen LogP contribution in [0.3, 0.4) is 0 Å². The predicted octanol–water partition coefficient (Wildman–Crippen LogP) is 2.78. The van der Waals surface area contributed by atoms with Crippen LogP contribution in [0.2, 0.25) is 0 Å². The van der Waals surface area contributed by atoms with Crippen LogP contribution >= 0.6 is 24.0 Å². The number of guanidine groups is 1. The normalized spacial score (nSPS) is 22.9. The Morgan fingerprint density at radius 3 is 2.52 bits per heavy atom. The van der Waals surface area contributed by atoms with Gasteiger partial charge in [0.2, 0.25) is 0 Å². The van der Waals surface area contributed by atoms with Gasteiger partial charge in [0.1, 0.15) is 0 Å². The van der Waals surface area contributed by atoms with Crippen molar-refractivity contribution in [2.75, 3.05) is 46.8 Å². The third kappa shape index (κ3) is 7.58. The Morgan fingerprint density at radius 2 is 1.85 bits per heavy atom. The van der Waals surface area contributed by atoms with Crippen LogP contribution in [0.5, 0.6) is 0 Å². The minimum Gasteiger partial charge on any atom is -0.356 e. The molecule has 1 aromatic rings. The van der Waals surface area contributed by atoms with E-state index in [0.717, 1.165) is 38.1 Å². The standard InChI is InChI=1S/C21H35N5.HI/c1-22-21(23-15-19-9-6-12-25(2)16-19)24-20-10-13-26(14-11-20)17-18-7-4-3-5-8-18;/h3-5,7-8,19-20H,6,9-17H2,1-2H3,(H2,22,23,24);1H. The molecule has 0 radical (unpaired) electrons. The minimum atomic E-state index is 0. The number of piperidine rings is 2. The summed E-state index contributed by atoms with van der Waals surface area (Å²) in [6.07, 6.45) is 5.00. The fourth-order valence-electron chi connectivity index (χ4n) is 4.15. The summed E-state index contributed by atoms with van der Waals surface area (Å²) in [4.78, 5) is 9.44. The number of nitrogens with zero attached hydrogens (tertiary/aromatic N) is 3. The summed E-state index contributed by atoms with van der Waals surface area (Å²) >= 11 is 0. The van der Waals surface area contributed by atoms with Crippen LogP contribution in [-0.2, 0) is 6.54 Å². The molecule has 2 heterocycles. The molecule has 1 unspecified atom stereocenters. The van der Waals surface area contributed by atoms with Crippen molar-refractivity contribution in [2.45, 2.75) is 38.3 Å². The van der Waals surface area contributed by atoms with Gasteiger partial charge in [-0.1, -0.05) is 30.3 Å². The van der Waals surface area contributed by atoms with Gasteiger partial charge in [-0.25, -0.2) is 0 Å². The van der Waals surface area contributed by atoms with Crippen molar-refractivity contribution in [3.8, 4) is 0 Å². The quantitative estimate of drug-likeness (QED) is 0.383. The summed E-state index contributed by atoms with van der Waals surface area (Å²) in [7, 11) is 4.11. The Labute approximate surface area is 182 Å². The van der Waals surface area contributed by atoms with E-state index in [0.29, 0.717) is 6.04 Å². The maximum atomic E-state index is 4.44. The first-order chi connectivity index (χ1) is 12.7.